The van der Waals surface area contributed by atoms with E-state index in [-0.39, 0.29) is 24.5 Å². The predicted molar refractivity (Wildman–Crippen MR) is 131 cm³/mol. The highest BCUT2D eigenvalue weighted by Crippen LogP contribution is 2.25. The molecule has 168 valence electrons. The Morgan fingerprint density at radius 3 is 2.41 bits per heavy atom. The summed E-state index contributed by atoms with van der Waals surface area (Å²) in [5.74, 6) is 0.236. The van der Waals surface area contributed by atoms with E-state index < -0.39 is 6.04 Å². The summed E-state index contributed by atoms with van der Waals surface area (Å²) in [6.45, 7) is 5.89. The smallest absolute Gasteiger partial charge is 0.261 e. The Bertz CT molecular complexity index is 1060. The highest BCUT2D eigenvalue weighted by Gasteiger charge is 2.27. The van der Waals surface area contributed by atoms with Crippen molar-refractivity contribution in [2.24, 2.45) is 0 Å². The van der Waals surface area contributed by atoms with E-state index in [1.165, 1.54) is 0 Å². The van der Waals surface area contributed by atoms with Crippen LogP contribution in [0.2, 0.25) is 0 Å². The van der Waals surface area contributed by atoms with E-state index in [0.717, 1.165) is 27.2 Å². The lowest BCUT2D eigenvalue weighted by atomic mass is 10.1. The molecule has 0 saturated heterocycles. The number of hydrogen-bond donors (Lipinski definition) is 1. The van der Waals surface area contributed by atoms with Crippen LogP contribution in [0.5, 0.6) is 5.75 Å². The number of hydrogen-bond acceptors (Lipinski definition) is 3. The van der Waals surface area contributed by atoms with Crippen LogP contribution in [0.1, 0.15) is 32.8 Å². The largest absolute Gasteiger partial charge is 0.483 e. The van der Waals surface area contributed by atoms with E-state index in [2.05, 4.69) is 21.2 Å². The standard InChI is InChI=1S/C26H29BrN2O3/c1-4-18(2)28-26(31)19(3)29(16-20-12-14-22(27)15-13-20)25(30)17-32-24-11-7-9-21-8-5-6-10-23(21)24/h5-15,18-19H,4,16-17H2,1-3H3,(H,28,31)/t18-,19+/m1/s1. The molecule has 0 unspecified atom stereocenters. The van der Waals surface area contributed by atoms with Crippen LogP contribution in [0, 0.1) is 0 Å². The van der Waals surface area contributed by atoms with Crippen molar-refractivity contribution in [2.75, 3.05) is 6.61 Å². The quantitative estimate of drug-likeness (QED) is 0.436. The number of nitrogens with one attached hydrogen (secondary N) is 1. The average Bonchev–Trinajstić information content (AvgIpc) is 2.81. The Morgan fingerprint density at radius 2 is 1.69 bits per heavy atom. The third-order valence-corrected chi connectivity index (χ3v) is 6.06. The number of fused-ring (bicyclic) bond motifs is 1. The van der Waals surface area contributed by atoms with Gasteiger partial charge < -0.3 is 15.0 Å². The number of carbonyl (C=O) groups is 2. The molecule has 0 aromatic heterocycles. The molecule has 0 fully saturated rings. The third-order valence-electron chi connectivity index (χ3n) is 5.54. The van der Waals surface area contributed by atoms with Gasteiger partial charge >= 0.3 is 0 Å². The molecule has 0 heterocycles. The molecular formula is C26H29BrN2O3. The molecule has 6 heteroatoms. The average molecular weight is 497 g/mol. The highest BCUT2D eigenvalue weighted by molar-refractivity contribution is 9.10. The molecule has 0 bridgehead atoms. The Kier molecular flexibility index (Phi) is 8.28. The topological polar surface area (TPSA) is 58.6 Å². The molecule has 5 nitrogen and oxygen atoms in total. The maximum atomic E-state index is 13.2. The van der Waals surface area contributed by atoms with Gasteiger partial charge in [0.05, 0.1) is 0 Å². The summed E-state index contributed by atoms with van der Waals surface area (Å²) in [6, 6.07) is 20.8. The summed E-state index contributed by atoms with van der Waals surface area (Å²) in [5, 5.41) is 4.97. The first kappa shape index (κ1) is 23.8. The molecule has 0 aliphatic rings. The number of benzene rings is 3. The summed E-state index contributed by atoms with van der Waals surface area (Å²) in [5.41, 5.74) is 0.940. The minimum atomic E-state index is -0.628. The van der Waals surface area contributed by atoms with Gasteiger partial charge in [-0.1, -0.05) is 71.4 Å². The van der Waals surface area contributed by atoms with E-state index in [9.17, 15) is 9.59 Å². The van der Waals surface area contributed by atoms with Gasteiger partial charge in [-0.2, -0.15) is 0 Å². The lowest BCUT2D eigenvalue weighted by molar-refractivity contribution is -0.142. The fraction of sp³-hybridized carbons (Fsp3) is 0.308. The van der Waals surface area contributed by atoms with Gasteiger partial charge in [0, 0.05) is 22.4 Å². The maximum absolute atomic E-state index is 13.2. The Balaban J connectivity index is 1.78. The second-order valence-electron chi connectivity index (χ2n) is 7.91. The van der Waals surface area contributed by atoms with Gasteiger partial charge in [-0.3, -0.25) is 9.59 Å². The fourth-order valence-electron chi connectivity index (χ4n) is 3.38. The minimum absolute atomic E-state index is 0.0431. The molecule has 0 spiro atoms. The molecule has 3 rings (SSSR count). The number of ether oxygens (including phenoxy) is 1. The van der Waals surface area contributed by atoms with Gasteiger partial charge in [-0.05, 0) is 49.4 Å². The number of amides is 2. The molecule has 2 atom stereocenters. The van der Waals surface area contributed by atoms with Gasteiger partial charge in [-0.15, -0.1) is 0 Å². The monoisotopic (exact) mass is 496 g/mol. The van der Waals surface area contributed by atoms with Gasteiger partial charge in [0.2, 0.25) is 5.91 Å². The van der Waals surface area contributed by atoms with E-state index in [1.807, 2.05) is 80.6 Å². The van der Waals surface area contributed by atoms with Crippen LogP contribution < -0.4 is 10.1 Å². The first-order chi connectivity index (χ1) is 15.4. The molecule has 0 aliphatic heterocycles. The van der Waals surface area contributed by atoms with Crippen molar-refractivity contribution in [1.82, 2.24) is 10.2 Å². The molecule has 0 aliphatic carbocycles. The molecule has 3 aromatic carbocycles. The predicted octanol–water partition coefficient (Wildman–Crippen LogP) is 5.31. The Hall–Kier alpha value is -2.86. The fourth-order valence-corrected chi connectivity index (χ4v) is 3.64. The van der Waals surface area contributed by atoms with Crippen molar-refractivity contribution >= 4 is 38.5 Å². The summed E-state index contributed by atoms with van der Waals surface area (Å²) in [6.07, 6.45) is 0.823. The second kappa shape index (κ2) is 11.1. The van der Waals surface area contributed by atoms with E-state index in [1.54, 1.807) is 11.8 Å². The zero-order chi connectivity index (χ0) is 23.1. The molecule has 0 radical (unpaired) electrons. The van der Waals surface area contributed by atoms with Crippen molar-refractivity contribution in [2.45, 2.75) is 45.8 Å². The normalized spacial score (nSPS) is 12.8. The van der Waals surface area contributed by atoms with E-state index in [4.69, 9.17) is 4.74 Å². The van der Waals surface area contributed by atoms with Gasteiger partial charge in [0.1, 0.15) is 11.8 Å². The SMILES string of the molecule is CC[C@@H](C)NC(=O)[C@H](C)N(Cc1ccc(Br)cc1)C(=O)COc1cccc2ccccc12. The second-order valence-corrected chi connectivity index (χ2v) is 8.82. The number of carbonyl (C=O) groups excluding carboxylic acids is 2. The van der Waals surface area contributed by atoms with Crippen LogP contribution in [0.3, 0.4) is 0 Å². The third kappa shape index (κ3) is 6.10. The van der Waals surface area contributed by atoms with Crippen molar-refractivity contribution in [3.63, 3.8) is 0 Å². The zero-order valence-corrected chi connectivity index (χ0v) is 20.3. The van der Waals surface area contributed by atoms with Crippen LogP contribution in [-0.4, -0.2) is 35.4 Å². The van der Waals surface area contributed by atoms with Crippen LogP contribution in [0.15, 0.2) is 71.2 Å². The van der Waals surface area contributed by atoms with E-state index in [0.29, 0.717) is 12.3 Å². The molecular weight excluding hydrogens is 468 g/mol. The van der Waals surface area contributed by atoms with Crippen LogP contribution in [-0.2, 0) is 16.1 Å². The van der Waals surface area contributed by atoms with Crippen LogP contribution in [0.25, 0.3) is 10.8 Å². The molecule has 3 aromatic rings. The number of rotatable bonds is 9. The lowest BCUT2D eigenvalue weighted by Gasteiger charge is -2.29. The van der Waals surface area contributed by atoms with Crippen LogP contribution >= 0.6 is 15.9 Å². The number of nitrogens with zero attached hydrogens (tertiary/aromatic N) is 1. The summed E-state index contributed by atoms with van der Waals surface area (Å²) in [4.78, 5) is 27.6. The summed E-state index contributed by atoms with van der Waals surface area (Å²) in [7, 11) is 0. The van der Waals surface area contributed by atoms with Crippen molar-refractivity contribution in [3.05, 3.63) is 76.8 Å². The van der Waals surface area contributed by atoms with Crippen molar-refractivity contribution < 1.29 is 14.3 Å². The summed E-state index contributed by atoms with van der Waals surface area (Å²) < 4.78 is 6.88. The molecule has 0 saturated carbocycles. The minimum Gasteiger partial charge on any atom is -0.483 e. The Morgan fingerprint density at radius 1 is 1.00 bits per heavy atom. The number of halogens is 1. The first-order valence-electron chi connectivity index (χ1n) is 10.8. The zero-order valence-electron chi connectivity index (χ0n) is 18.7. The van der Waals surface area contributed by atoms with E-state index >= 15 is 0 Å². The van der Waals surface area contributed by atoms with Crippen molar-refractivity contribution in [3.8, 4) is 5.75 Å². The molecule has 1 N–H and O–H groups in total. The molecule has 2 amide bonds. The van der Waals surface area contributed by atoms with Crippen LogP contribution in [0.4, 0.5) is 0 Å². The highest BCUT2D eigenvalue weighted by atomic mass is 79.9. The molecule has 32 heavy (non-hydrogen) atoms. The summed E-state index contributed by atoms with van der Waals surface area (Å²) >= 11 is 3.43. The first-order valence-corrected chi connectivity index (χ1v) is 11.6. The van der Waals surface area contributed by atoms with Crippen molar-refractivity contribution in [1.29, 1.82) is 0 Å². The lowest BCUT2D eigenvalue weighted by Crippen LogP contribution is -2.50. The van der Waals surface area contributed by atoms with Gasteiger partial charge in [0.25, 0.3) is 5.91 Å². The Labute approximate surface area is 197 Å². The van der Waals surface area contributed by atoms with Gasteiger partial charge in [0.15, 0.2) is 6.61 Å². The van der Waals surface area contributed by atoms with Gasteiger partial charge in [-0.25, -0.2) is 0 Å². The maximum Gasteiger partial charge on any atom is 0.261 e.